The number of hydrogen-bond donors (Lipinski definition) is 2. The Balaban J connectivity index is 2.37. The fraction of sp³-hybridized carbons (Fsp3) is 0.308. The molecule has 6 nitrogen and oxygen atoms in total. The van der Waals surface area contributed by atoms with E-state index in [2.05, 4.69) is 10.1 Å². The van der Waals surface area contributed by atoms with Crippen LogP contribution in [0.2, 0.25) is 0 Å². The summed E-state index contributed by atoms with van der Waals surface area (Å²) in [5.74, 6) is 0. The zero-order valence-corrected chi connectivity index (χ0v) is 12.1. The number of nitrogens with one attached hydrogen (secondary N) is 1. The molecule has 106 valence electrons. The average Bonchev–Trinajstić information content (AvgIpc) is 2.42. The van der Waals surface area contributed by atoms with E-state index < -0.39 is 11.1 Å². The number of nitrogens with two attached hydrogens (primary N) is 1. The lowest BCUT2D eigenvalue weighted by molar-refractivity contribution is 0.595. The second kappa shape index (κ2) is 6.06. The maximum Gasteiger partial charge on any atom is 0.339 e. The summed E-state index contributed by atoms with van der Waals surface area (Å²) in [5.41, 5.74) is 6.55. The number of aromatic nitrogens is 3. The fourth-order valence-electron chi connectivity index (χ4n) is 1.88. The third-order valence-electron chi connectivity index (χ3n) is 2.94. The van der Waals surface area contributed by atoms with Gasteiger partial charge in [-0.1, -0.05) is 36.0 Å². The molecular formula is C13H16N4O2S. The lowest BCUT2D eigenvalue weighted by Gasteiger charge is -2.17. The Morgan fingerprint density at radius 1 is 1.40 bits per heavy atom. The van der Waals surface area contributed by atoms with Crippen LogP contribution < -0.4 is 16.9 Å². The monoisotopic (exact) mass is 292 g/mol. The van der Waals surface area contributed by atoms with Crippen LogP contribution in [0.1, 0.15) is 16.4 Å². The minimum absolute atomic E-state index is 0.0276. The molecule has 0 radical (unpaired) electrons. The van der Waals surface area contributed by atoms with Crippen LogP contribution in [0.5, 0.6) is 0 Å². The van der Waals surface area contributed by atoms with Crippen LogP contribution in [0.3, 0.4) is 0 Å². The van der Waals surface area contributed by atoms with Crippen LogP contribution in [-0.4, -0.2) is 21.3 Å². The minimum atomic E-state index is -0.786. The lowest BCUT2D eigenvalue weighted by Crippen LogP contribution is -2.34. The molecule has 1 unspecified atom stereocenters. The first kappa shape index (κ1) is 14.5. The van der Waals surface area contributed by atoms with E-state index in [1.807, 2.05) is 31.2 Å². The summed E-state index contributed by atoms with van der Waals surface area (Å²) in [6.45, 7) is 2.42. The van der Waals surface area contributed by atoms with Crippen LogP contribution >= 0.6 is 11.8 Å². The molecular weight excluding hydrogens is 276 g/mol. The first-order chi connectivity index (χ1) is 9.52. The number of aryl methyl sites for hydroxylation is 2. The normalized spacial score (nSPS) is 12.3. The first-order valence-corrected chi connectivity index (χ1v) is 7.00. The van der Waals surface area contributed by atoms with Crippen LogP contribution in [0.4, 0.5) is 0 Å². The van der Waals surface area contributed by atoms with E-state index in [4.69, 9.17) is 5.73 Å². The number of benzene rings is 1. The van der Waals surface area contributed by atoms with Crippen molar-refractivity contribution in [1.29, 1.82) is 0 Å². The van der Waals surface area contributed by atoms with Crippen LogP contribution in [0.15, 0.2) is 39.0 Å². The molecule has 0 amide bonds. The molecule has 0 fully saturated rings. The summed E-state index contributed by atoms with van der Waals surface area (Å²) >= 11 is 1.36. The highest BCUT2D eigenvalue weighted by molar-refractivity contribution is 7.99. The number of hydrogen-bond acceptors (Lipinski definition) is 5. The minimum Gasteiger partial charge on any atom is -0.329 e. The Bertz CT molecular complexity index is 723. The molecule has 2 rings (SSSR count). The van der Waals surface area contributed by atoms with Crippen molar-refractivity contribution >= 4 is 11.8 Å². The maximum atomic E-state index is 11.4. The molecule has 1 heterocycles. The summed E-state index contributed by atoms with van der Waals surface area (Å²) in [6, 6.07) is 7.93. The van der Waals surface area contributed by atoms with Crippen molar-refractivity contribution in [3.8, 4) is 0 Å². The van der Waals surface area contributed by atoms with Gasteiger partial charge in [-0.2, -0.15) is 4.98 Å². The Hall–Kier alpha value is -1.86. The molecule has 7 heteroatoms. The first-order valence-electron chi connectivity index (χ1n) is 6.12. The molecule has 0 aliphatic rings. The smallest absolute Gasteiger partial charge is 0.329 e. The summed E-state index contributed by atoms with van der Waals surface area (Å²) < 4.78 is 1.44. The summed E-state index contributed by atoms with van der Waals surface area (Å²) in [5, 5.41) is 2.84. The van der Waals surface area contributed by atoms with Crippen molar-refractivity contribution in [3.05, 3.63) is 56.1 Å². The second-order valence-electron chi connectivity index (χ2n) is 4.40. The van der Waals surface area contributed by atoms with Gasteiger partial charge in [-0.15, -0.1) is 0 Å². The SMILES string of the molecule is Cc1ccccc1C(CN)Sc1nc(=O)c(=O)[nH]n1C. The van der Waals surface area contributed by atoms with E-state index in [0.29, 0.717) is 11.7 Å². The molecule has 0 saturated heterocycles. The molecule has 0 saturated carbocycles. The zero-order chi connectivity index (χ0) is 14.7. The van der Waals surface area contributed by atoms with E-state index >= 15 is 0 Å². The molecule has 3 N–H and O–H groups in total. The maximum absolute atomic E-state index is 11.4. The zero-order valence-electron chi connectivity index (χ0n) is 11.3. The standard InChI is InChI=1S/C13H16N4O2S/c1-8-5-3-4-6-9(8)10(7-14)20-13-15-11(18)12(19)16-17(13)2/h3-6,10H,7,14H2,1-2H3,(H,16,19). The average molecular weight is 292 g/mol. The highest BCUT2D eigenvalue weighted by atomic mass is 32.2. The van der Waals surface area contributed by atoms with Crippen molar-refractivity contribution in [2.45, 2.75) is 17.3 Å². The Kier molecular flexibility index (Phi) is 4.41. The van der Waals surface area contributed by atoms with E-state index in [-0.39, 0.29) is 5.25 Å². The third kappa shape index (κ3) is 3.00. The van der Waals surface area contributed by atoms with Gasteiger partial charge in [0.2, 0.25) is 0 Å². The predicted molar refractivity (Wildman–Crippen MR) is 78.9 cm³/mol. The van der Waals surface area contributed by atoms with Gasteiger partial charge in [0.15, 0.2) is 5.16 Å². The molecule has 0 spiro atoms. The number of nitrogens with zero attached hydrogens (tertiary/aromatic N) is 2. The fourth-order valence-corrected chi connectivity index (χ4v) is 2.96. The van der Waals surface area contributed by atoms with Gasteiger partial charge in [-0.05, 0) is 18.1 Å². The van der Waals surface area contributed by atoms with Gasteiger partial charge in [0.25, 0.3) is 0 Å². The van der Waals surface area contributed by atoms with Gasteiger partial charge in [0, 0.05) is 18.8 Å². The number of rotatable bonds is 4. The lowest BCUT2D eigenvalue weighted by atomic mass is 10.1. The molecule has 1 atom stereocenters. The summed E-state index contributed by atoms with van der Waals surface area (Å²) in [7, 11) is 1.64. The topological polar surface area (TPSA) is 93.8 Å². The third-order valence-corrected chi connectivity index (χ3v) is 4.25. The van der Waals surface area contributed by atoms with Gasteiger partial charge in [-0.3, -0.25) is 19.4 Å². The van der Waals surface area contributed by atoms with E-state index in [1.54, 1.807) is 7.05 Å². The Morgan fingerprint density at radius 2 is 2.10 bits per heavy atom. The van der Waals surface area contributed by atoms with Crippen LogP contribution in [0.25, 0.3) is 0 Å². The van der Waals surface area contributed by atoms with Crippen molar-refractivity contribution < 1.29 is 0 Å². The molecule has 0 aliphatic carbocycles. The quantitative estimate of drug-likeness (QED) is 0.634. The van der Waals surface area contributed by atoms with Crippen molar-refractivity contribution in [2.24, 2.45) is 12.8 Å². The van der Waals surface area contributed by atoms with Gasteiger partial charge < -0.3 is 5.73 Å². The summed E-state index contributed by atoms with van der Waals surface area (Å²) in [4.78, 5) is 26.3. The van der Waals surface area contributed by atoms with Crippen molar-refractivity contribution in [3.63, 3.8) is 0 Å². The highest BCUT2D eigenvalue weighted by Crippen LogP contribution is 2.33. The Morgan fingerprint density at radius 3 is 2.75 bits per heavy atom. The molecule has 2 aromatic rings. The number of H-pyrrole nitrogens is 1. The van der Waals surface area contributed by atoms with E-state index in [9.17, 15) is 9.59 Å². The van der Waals surface area contributed by atoms with Gasteiger partial charge in [0.05, 0.1) is 0 Å². The van der Waals surface area contributed by atoms with Crippen molar-refractivity contribution in [2.75, 3.05) is 6.54 Å². The molecule has 1 aromatic carbocycles. The van der Waals surface area contributed by atoms with Gasteiger partial charge in [-0.25, -0.2) is 0 Å². The van der Waals surface area contributed by atoms with Gasteiger partial charge >= 0.3 is 11.1 Å². The largest absolute Gasteiger partial charge is 0.339 e. The summed E-state index contributed by atoms with van der Waals surface area (Å²) in [6.07, 6.45) is 0. The number of thioether (sulfide) groups is 1. The highest BCUT2D eigenvalue weighted by Gasteiger charge is 2.16. The van der Waals surface area contributed by atoms with E-state index in [0.717, 1.165) is 11.1 Å². The van der Waals surface area contributed by atoms with Crippen LogP contribution in [0, 0.1) is 6.92 Å². The predicted octanol–water partition coefficient (Wildman–Crippen LogP) is 0.569. The van der Waals surface area contributed by atoms with Crippen LogP contribution in [-0.2, 0) is 7.05 Å². The number of aromatic amines is 1. The molecule has 0 aliphatic heterocycles. The Labute approximate surface area is 120 Å². The van der Waals surface area contributed by atoms with Crippen molar-refractivity contribution in [1.82, 2.24) is 14.8 Å². The van der Waals surface area contributed by atoms with Gasteiger partial charge in [0.1, 0.15) is 0 Å². The van der Waals surface area contributed by atoms with E-state index in [1.165, 1.54) is 16.4 Å². The second-order valence-corrected chi connectivity index (χ2v) is 5.57. The molecule has 20 heavy (non-hydrogen) atoms. The molecule has 1 aromatic heterocycles. The molecule has 0 bridgehead atoms.